The maximum absolute atomic E-state index is 12.3. The molecule has 1 heterocycles. The highest BCUT2D eigenvalue weighted by Gasteiger charge is 2.23. The fourth-order valence-corrected chi connectivity index (χ4v) is 3.89. The van der Waals surface area contributed by atoms with E-state index in [9.17, 15) is 8.42 Å². The average Bonchev–Trinajstić information content (AvgIpc) is 2.92. The van der Waals surface area contributed by atoms with Gasteiger partial charge in [0.05, 0.1) is 11.3 Å². The van der Waals surface area contributed by atoms with Gasteiger partial charge in [-0.2, -0.15) is 5.26 Å². The summed E-state index contributed by atoms with van der Waals surface area (Å²) in [5.74, 6) is 0. The monoisotopic (exact) mass is 278 g/mol. The number of para-hydroxylation sites is 1. The van der Waals surface area contributed by atoms with Crippen LogP contribution in [0.25, 0.3) is 0 Å². The number of hydrogen-bond donors (Lipinski definition) is 0. The van der Waals surface area contributed by atoms with Crippen molar-refractivity contribution < 1.29 is 8.42 Å². The summed E-state index contributed by atoms with van der Waals surface area (Å²) < 4.78 is 26.0. The van der Waals surface area contributed by atoms with E-state index in [1.807, 2.05) is 6.07 Å². The zero-order chi connectivity index (χ0) is 13.2. The van der Waals surface area contributed by atoms with E-state index in [2.05, 4.69) is 0 Å². The largest absolute Gasteiger partial charge is 0.273 e. The second-order valence-corrected chi connectivity index (χ2v) is 6.68. The molecule has 4 nitrogen and oxygen atoms in total. The molecule has 0 saturated heterocycles. The van der Waals surface area contributed by atoms with Gasteiger partial charge in [-0.1, -0.05) is 18.2 Å². The Morgan fingerprint density at radius 1 is 1.22 bits per heavy atom. The van der Waals surface area contributed by atoms with Gasteiger partial charge >= 0.3 is 0 Å². The Hall–Kier alpha value is -1.84. The molecule has 18 heavy (non-hydrogen) atoms. The van der Waals surface area contributed by atoms with Crippen LogP contribution in [0.15, 0.2) is 46.0 Å². The molecular formula is C12H10N2O2S2. The summed E-state index contributed by atoms with van der Waals surface area (Å²) >= 11 is 1.15. The zero-order valence-electron chi connectivity index (χ0n) is 9.57. The lowest BCUT2D eigenvalue weighted by Gasteiger charge is -2.19. The predicted octanol–water partition coefficient (Wildman–Crippen LogP) is 2.44. The Morgan fingerprint density at radius 3 is 2.56 bits per heavy atom. The summed E-state index contributed by atoms with van der Waals surface area (Å²) in [7, 11) is -2.13. The van der Waals surface area contributed by atoms with E-state index in [0.29, 0.717) is 11.3 Å². The Kier molecular flexibility index (Phi) is 3.36. The zero-order valence-corrected chi connectivity index (χ0v) is 11.2. The summed E-state index contributed by atoms with van der Waals surface area (Å²) in [5, 5.41) is 10.7. The van der Waals surface area contributed by atoms with Gasteiger partial charge in [-0.05, 0) is 23.6 Å². The fourth-order valence-electron chi connectivity index (χ4n) is 1.52. The van der Waals surface area contributed by atoms with E-state index >= 15 is 0 Å². The van der Waals surface area contributed by atoms with Crippen molar-refractivity contribution >= 4 is 27.0 Å². The first-order valence-electron chi connectivity index (χ1n) is 5.09. The van der Waals surface area contributed by atoms with Crippen LogP contribution < -0.4 is 4.31 Å². The van der Waals surface area contributed by atoms with Crippen LogP contribution in [0.3, 0.4) is 0 Å². The van der Waals surface area contributed by atoms with Crippen LogP contribution in [0.5, 0.6) is 0 Å². The first-order chi connectivity index (χ1) is 8.57. The van der Waals surface area contributed by atoms with Gasteiger partial charge in [0, 0.05) is 7.05 Å². The van der Waals surface area contributed by atoms with Crippen molar-refractivity contribution in [3.8, 4) is 6.07 Å². The minimum atomic E-state index is -3.58. The first kappa shape index (κ1) is 12.6. The van der Waals surface area contributed by atoms with Gasteiger partial charge in [-0.15, -0.1) is 11.3 Å². The highest BCUT2D eigenvalue weighted by atomic mass is 32.2. The van der Waals surface area contributed by atoms with Gasteiger partial charge in [0.2, 0.25) is 0 Å². The molecule has 0 N–H and O–H groups in total. The first-order valence-corrected chi connectivity index (χ1v) is 7.41. The number of hydrogen-bond acceptors (Lipinski definition) is 4. The number of benzene rings is 1. The molecule has 0 spiro atoms. The normalized spacial score (nSPS) is 10.9. The molecule has 0 atom stereocenters. The number of anilines is 1. The van der Waals surface area contributed by atoms with Crippen molar-refractivity contribution in [3.05, 3.63) is 47.3 Å². The molecule has 0 aliphatic carbocycles. The number of rotatable bonds is 3. The summed E-state index contributed by atoms with van der Waals surface area (Å²) in [6.45, 7) is 0. The van der Waals surface area contributed by atoms with E-state index in [-0.39, 0.29) is 4.21 Å². The second-order valence-electron chi connectivity index (χ2n) is 3.53. The van der Waals surface area contributed by atoms with Crippen LogP contribution in [-0.4, -0.2) is 15.5 Å². The van der Waals surface area contributed by atoms with Crippen molar-refractivity contribution in [1.82, 2.24) is 0 Å². The van der Waals surface area contributed by atoms with Crippen LogP contribution >= 0.6 is 11.3 Å². The maximum atomic E-state index is 12.3. The third-order valence-electron chi connectivity index (χ3n) is 2.47. The molecule has 0 fully saturated rings. The SMILES string of the molecule is CN(c1ccccc1C#N)S(=O)(=O)c1cccs1. The van der Waals surface area contributed by atoms with Gasteiger partial charge in [-0.25, -0.2) is 8.42 Å². The van der Waals surface area contributed by atoms with Crippen molar-refractivity contribution in [3.63, 3.8) is 0 Å². The van der Waals surface area contributed by atoms with Crippen LogP contribution in [0, 0.1) is 11.3 Å². The van der Waals surface area contributed by atoms with E-state index < -0.39 is 10.0 Å². The third-order valence-corrected chi connectivity index (χ3v) is 5.62. The summed E-state index contributed by atoms with van der Waals surface area (Å²) in [6.07, 6.45) is 0. The standard InChI is InChI=1S/C12H10N2O2S2/c1-14(11-6-3-2-5-10(11)9-13)18(15,16)12-7-4-8-17-12/h2-8H,1H3. The number of nitriles is 1. The van der Waals surface area contributed by atoms with Gasteiger partial charge in [0.15, 0.2) is 0 Å². The molecule has 92 valence electrons. The van der Waals surface area contributed by atoms with Crippen LogP contribution in [0.4, 0.5) is 5.69 Å². The highest BCUT2D eigenvalue weighted by molar-refractivity contribution is 7.94. The summed E-state index contributed by atoms with van der Waals surface area (Å²) in [4.78, 5) is 0. The smallest absolute Gasteiger partial charge is 0.267 e. The van der Waals surface area contributed by atoms with Crippen molar-refractivity contribution in [2.24, 2.45) is 0 Å². The molecule has 2 aromatic rings. The van der Waals surface area contributed by atoms with Gasteiger partial charge in [0.1, 0.15) is 10.3 Å². The Labute approximate surface area is 110 Å². The van der Waals surface area contributed by atoms with Crippen LogP contribution in [0.1, 0.15) is 5.56 Å². The quantitative estimate of drug-likeness (QED) is 0.866. The highest BCUT2D eigenvalue weighted by Crippen LogP contribution is 2.27. The third kappa shape index (κ3) is 2.10. The van der Waals surface area contributed by atoms with Crippen molar-refractivity contribution in [1.29, 1.82) is 5.26 Å². The molecule has 6 heteroatoms. The maximum Gasteiger partial charge on any atom is 0.273 e. The topological polar surface area (TPSA) is 61.2 Å². The number of nitrogens with zero attached hydrogens (tertiary/aromatic N) is 2. The minimum absolute atomic E-state index is 0.262. The number of thiophene rings is 1. The molecule has 1 aromatic carbocycles. The molecule has 0 radical (unpaired) electrons. The molecule has 0 aliphatic rings. The van der Waals surface area contributed by atoms with Crippen molar-refractivity contribution in [2.75, 3.05) is 11.4 Å². The molecule has 0 unspecified atom stereocenters. The molecule has 1 aromatic heterocycles. The van der Waals surface area contributed by atoms with Crippen LogP contribution in [-0.2, 0) is 10.0 Å². The lowest BCUT2D eigenvalue weighted by Crippen LogP contribution is -2.26. The van der Waals surface area contributed by atoms with E-state index in [1.165, 1.54) is 7.05 Å². The van der Waals surface area contributed by atoms with Gasteiger partial charge < -0.3 is 0 Å². The van der Waals surface area contributed by atoms with Gasteiger partial charge in [-0.3, -0.25) is 4.31 Å². The van der Waals surface area contributed by atoms with Crippen molar-refractivity contribution in [2.45, 2.75) is 4.21 Å². The average molecular weight is 278 g/mol. The summed E-state index contributed by atoms with van der Waals surface area (Å²) in [5.41, 5.74) is 0.716. The summed E-state index contributed by atoms with van der Waals surface area (Å²) in [6, 6.07) is 11.8. The Balaban J connectivity index is 2.50. The molecule has 0 bridgehead atoms. The fraction of sp³-hybridized carbons (Fsp3) is 0.0833. The predicted molar refractivity (Wildman–Crippen MR) is 71.1 cm³/mol. The second kappa shape index (κ2) is 4.80. The van der Waals surface area contributed by atoms with E-state index in [1.54, 1.807) is 41.8 Å². The molecule has 0 aliphatic heterocycles. The minimum Gasteiger partial charge on any atom is -0.267 e. The molecule has 2 rings (SSSR count). The number of sulfonamides is 1. The Morgan fingerprint density at radius 2 is 1.94 bits per heavy atom. The lowest BCUT2D eigenvalue weighted by atomic mass is 10.2. The lowest BCUT2D eigenvalue weighted by molar-refractivity contribution is 0.596. The van der Waals surface area contributed by atoms with E-state index in [4.69, 9.17) is 5.26 Å². The molecule has 0 amide bonds. The Bertz CT molecular complexity index is 685. The molecular weight excluding hydrogens is 268 g/mol. The van der Waals surface area contributed by atoms with Crippen LogP contribution in [0.2, 0.25) is 0 Å². The molecule has 0 saturated carbocycles. The van der Waals surface area contributed by atoms with Gasteiger partial charge in [0.25, 0.3) is 10.0 Å². The van der Waals surface area contributed by atoms with E-state index in [0.717, 1.165) is 15.6 Å².